The second kappa shape index (κ2) is 7.06. The molecule has 0 bridgehead atoms. The van der Waals surface area contributed by atoms with E-state index in [9.17, 15) is 17.6 Å². The molecule has 0 saturated carbocycles. The van der Waals surface area contributed by atoms with Crippen LogP contribution < -0.4 is 0 Å². The molecule has 6 heteroatoms. The third-order valence-corrected chi connectivity index (χ3v) is 6.27. The Morgan fingerprint density at radius 1 is 1.08 bits per heavy atom. The zero-order valence-electron chi connectivity index (χ0n) is 13.9. The summed E-state index contributed by atoms with van der Waals surface area (Å²) in [5, 5.41) is 0. The summed E-state index contributed by atoms with van der Waals surface area (Å²) < 4.78 is 40.3. The molecule has 0 amide bonds. The maximum Gasteiger partial charge on any atom is 0.244 e. The minimum atomic E-state index is -3.77. The maximum atomic E-state index is 13.2. The van der Waals surface area contributed by atoms with Crippen molar-refractivity contribution in [2.45, 2.75) is 43.2 Å². The zero-order chi connectivity index (χ0) is 18.0. The van der Waals surface area contributed by atoms with Gasteiger partial charge < -0.3 is 0 Å². The molecule has 1 saturated heterocycles. The van der Waals surface area contributed by atoms with Gasteiger partial charge in [-0.1, -0.05) is 43.7 Å². The van der Waals surface area contributed by atoms with Gasteiger partial charge in [-0.25, -0.2) is 12.8 Å². The molecule has 3 atom stereocenters. The first-order valence-electron chi connectivity index (χ1n) is 8.33. The molecule has 1 heterocycles. The van der Waals surface area contributed by atoms with E-state index in [0.717, 1.165) is 12.8 Å². The summed E-state index contributed by atoms with van der Waals surface area (Å²) >= 11 is 0. The lowest BCUT2D eigenvalue weighted by molar-refractivity contribution is -0.119. The van der Waals surface area contributed by atoms with Gasteiger partial charge in [-0.05, 0) is 36.2 Å². The summed E-state index contributed by atoms with van der Waals surface area (Å²) in [5.74, 6) is -0.480. The molecule has 2 aromatic rings. The average molecular weight is 361 g/mol. The number of sulfonamides is 1. The van der Waals surface area contributed by atoms with Crippen LogP contribution in [-0.2, 0) is 14.8 Å². The molecule has 0 radical (unpaired) electrons. The van der Waals surface area contributed by atoms with E-state index in [4.69, 9.17) is 0 Å². The predicted octanol–water partition coefficient (Wildman–Crippen LogP) is 3.70. The molecule has 0 spiro atoms. The largest absolute Gasteiger partial charge is 0.298 e. The quantitative estimate of drug-likeness (QED) is 0.707. The van der Waals surface area contributed by atoms with Gasteiger partial charge in [-0.2, -0.15) is 4.31 Å². The van der Waals surface area contributed by atoms with E-state index in [1.54, 1.807) is 30.3 Å². The van der Waals surface area contributed by atoms with Crippen LogP contribution in [0.3, 0.4) is 0 Å². The van der Waals surface area contributed by atoms with Crippen molar-refractivity contribution in [2.75, 3.05) is 0 Å². The number of carbonyl (C=O) groups is 1. The highest BCUT2D eigenvalue weighted by molar-refractivity contribution is 7.89. The summed E-state index contributed by atoms with van der Waals surface area (Å²) in [6.07, 6.45) is 1.94. The molecule has 4 nitrogen and oxygen atoms in total. The van der Waals surface area contributed by atoms with Crippen LogP contribution in [0.1, 0.15) is 37.8 Å². The Morgan fingerprint density at radius 3 is 2.32 bits per heavy atom. The van der Waals surface area contributed by atoms with Crippen molar-refractivity contribution in [3.63, 3.8) is 0 Å². The minimum Gasteiger partial charge on any atom is -0.298 e. The second-order valence-electron chi connectivity index (χ2n) is 6.16. The standard InChI is InChI=1S/C19H20FNO3S/c1-2-3-9-17(22)19-18(14-10-12-15(20)13-11-14)21(19)25(23,24)16-7-5-4-6-8-16/h4-8,10-13,18-19H,2-3,9H2,1H3/t18-,19+,21?/m1/s1. The minimum absolute atomic E-state index is 0.0873. The average Bonchev–Trinajstić information content (AvgIpc) is 3.37. The van der Waals surface area contributed by atoms with Crippen LogP contribution in [0.5, 0.6) is 0 Å². The number of nitrogens with zero attached hydrogens (tertiary/aromatic N) is 1. The maximum absolute atomic E-state index is 13.2. The van der Waals surface area contributed by atoms with Crippen LogP contribution >= 0.6 is 0 Å². The summed E-state index contributed by atoms with van der Waals surface area (Å²) in [5.41, 5.74) is 0.635. The molecule has 132 valence electrons. The van der Waals surface area contributed by atoms with Gasteiger partial charge in [0.25, 0.3) is 0 Å². The Morgan fingerprint density at radius 2 is 1.72 bits per heavy atom. The van der Waals surface area contributed by atoms with Crippen molar-refractivity contribution >= 4 is 15.8 Å². The number of unbranched alkanes of at least 4 members (excludes halogenated alkanes) is 1. The highest BCUT2D eigenvalue weighted by Gasteiger charge is 2.59. The van der Waals surface area contributed by atoms with Crippen molar-refractivity contribution in [1.82, 2.24) is 4.31 Å². The van der Waals surface area contributed by atoms with Gasteiger partial charge in [0.2, 0.25) is 10.0 Å². The highest BCUT2D eigenvalue weighted by Crippen LogP contribution is 2.48. The monoisotopic (exact) mass is 361 g/mol. The van der Waals surface area contributed by atoms with E-state index in [1.165, 1.54) is 28.6 Å². The lowest BCUT2D eigenvalue weighted by Crippen LogP contribution is -2.19. The van der Waals surface area contributed by atoms with E-state index in [-0.39, 0.29) is 10.7 Å². The van der Waals surface area contributed by atoms with Crippen molar-refractivity contribution in [3.05, 3.63) is 66.0 Å². The van der Waals surface area contributed by atoms with Gasteiger partial charge in [0, 0.05) is 6.42 Å². The number of ketones is 1. The van der Waals surface area contributed by atoms with Gasteiger partial charge in [0.05, 0.1) is 10.9 Å². The summed E-state index contributed by atoms with van der Waals surface area (Å²) in [6, 6.07) is 12.5. The molecule has 2 aromatic carbocycles. The Balaban J connectivity index is 1.94. The third-order valence-electron chi connectivity index (χ3n) is 4.39. The van der Waals surface area contributed by atoms with E-state index < -0.39 is 27.9 Å². The lowest BCUT2D eigenvalue weighted by Gasteiger charge is -2.06. The Bertz CT molecular complexity index is 850. The highest BCUT2D eigenvalue weighted by atomic mass is 32.2. The van der Waals surface area contributed by atoms with E-state index in [2.05, 4.69) is 0 Å². The van der Waals surface area contributed by atoms with Gasteiger partial charge in [-0.3, -0.25) is 4.79 Å². The number of rotatable bonds is 7. The molecular weight excluding hydrogens is 341 g/mol. The van der Waals surface area contributed by atoms with Crippen molar-refractivity contribution < 1.29 is 17.6 Å². The number of Topliss-reactive ketones (excluding diaryl/α,β-unsaturated/α-hetero) is 1. The molecule has 0 aliphatic carbocycles. The van der Waals surface area contributed by atoms with Gasteiger partial charge in [0.1, 0.15) is 11.9 Å². The first-order valence-corrected chi connectivity index (χ1v) is 9.77. The van der Waals surface area contributed by atoms with E-state index in [0.29, 0.717) is 12.0 Å². The van der Waals surface area contributed by atoms with Crippen LogP contribution in [0.25, 0.3) is 0 Å². The molecular formula is C19H20FNO3S. The molecule has 0 aromatic heterocycles. The first kappa shape index (κ1) is 17.8. The first-order chi connectivity index (χ1) is 12.0. The summed E-state index contributed by atoms with van der Waals surface area (Å²) in [6.45, 7) is 1.98. The molecule has 1 fully saturated rings. The second-order valence-corrected chi connectivity index (χ2v) is 8.00. The van der Waals surface area contributed by atoms with Crippen LogP contribution in [0.15, 0.2) is 59.5 Å². The molecule has 1 aliphatic heterocycles. The molecule has 1 aliphatic rings. The Labute approximate surface area is 147 Å². The Kier molecular flexibility index (Phi) is 5.01. The Hall–Kier alpha value is -2.05. The smallest absolute Gasteiger partial charge is 0.244 e. The van der Waals surface area contributed by atoms with E-state index in [1.807, 2.05) is 6.92 Å². The number of carbonyl (C=O) groups excluding carboxylic acids is 1. The van der Waals surface area contributed by atoms with Crippen molar-refractivity contribution in [1.29, 1.82) is 0 Å². The normalized spacial score (nSPS) is 22.6. The van der Waals surface area contributed by atoms with Gasteiger partial charge in [0.15, 0.2) is 5.78 Å². The van der Waals surface area contributed by atoms with Crippen LogP contribution in [-0.4, -0.2) is 24.5 Å². The molecule has 3 rings (SSSR count). The summed E-state index contributed by atoms with van der Waals surface area (Å²) in [7, 11) is -3.77. The van der Waals surface area contributed by atoms with Crippen LogP contribution in [0.2, 0.25) is 0 Å². The fourth-order valence-corrected chi connectivity index (χ4v) is 4.79. The predicted molar refractivity (Wildman–Crippen MR) is 92.9 cm³/mol. The van der Waals surface area contributed by atoms with Gasteiger partial charge in [-0.15, -0.1) is 0 Å². The molecule has 25 heavy (non-hydrogen) atoms. The third kappa shape index (κ3) is 3.50. The van der Waals surface area contributed by atoms with Crippen LogP contribution in [0.4, 0.5) is 4.39 Å². The number of hydrogen-bond donors (Lipinski definition) is 0. The number of hydrogen-bond acceptors (Lipinski definition) is 3. The summed E-state index contributed by atoms with van der Waals surface area (Å²) in [4.78, 5) is 12.7. The van der Waals surface area contributed by atoms with Gasteiger partial charge >= 0.3 is 0 Å². The number of benzene rings is 2. The van der Waals surface area contributed by atoms with E-state index >= 15 is 0 Å². The van der Waals surface area contributed by atoms with Crippen molar-refractivity contribution in [2.24, 2.45) is 0 Å². The molecule has 0 N–H and O–H groups in total. The zero-order valence-corrected chi connectivity index (χ0v) is 14.7. The lowest BCUT2D eigenvalue weighted by atomic mass is 10.0. The molecule has 1 unspecified atom stereocenters. The SMILES string of the molecule is CCCCC(=O)[C@H]1[C@@H](c2ccc(F)cc2)N1S(=O)(=O)c1ccccc1. The van der Waals surface area contributed by atoms with Crippen LogP contribution in [0, 0.1) is 5.82 Å². The fourth-order valence-electron chi connectivity index (χ4n) is 3.03. The van der Waals surface area contributed by atoms with Crippen molar-refractivity contribution in [3.8, 4) is 0 Å². The fraction of sp³-hybridized carbons (Fsp3) is 0.316. The topological polar surface area (TPSA) is 54.2 Å². The number of halogens is 1.